The second-order valence-electron chi connectivity index (χ2n) is 3.27. The van der Waals surface area contributed by atoms with Crippen molar-refractivity contribution >= 4 is 6.16 Å². The summed E-state index contributed by atoms with van der Waals surface area (Å²) >= 11 is 0. The molecule has 0 aromatic carbocycles. The van der Waals surface area contributed by atoms with Crippen LogP contribution in [0.25, 0.3) is 0 Å². The van der Waals surface area contributed by atoms with Crippen molar-refractivity contribution in [3.8, 4) is 6.07 Å². The minimum Gasteiger partial charge on any atom is -0.434 e. The Morgan fingerprint density at radius 2 is 1.80 bits per heavy atom. The average Bonchev–Trinajstić information content (AvgIpc) is 2.24. The van der Waals surface area contributed by atoms with Crippen molar-refractivity contribution in [1.29, 1.82) is 5.26 Å². The molecule has 15 heavy (non-hydrogen) atoms. The van der Waals surface area contributed by atoms with Gasteiger partial charge in [0.25, 0.3) is 0 Å². The standard InChI is InChI=1S/C11H19NO3/c1-2-3-4-6-9-14-11(13)15-10-7-5-8-12/h2-7,9-10H2,1H3. The summed E-state index contributed by atoms with van der Waals surface area (Å²) in [5, 5.41) is 8.23. The number of carbonyl (C=O) groups is 1. The highest BCUT2D eigenvalue weighted by molar-refractivity contribution is 5.59. The minimum absolute atomic E-state index is 0.265. The van der Waals surface area contributed by atoms with E-state index in [1.54, 1.807) is 0 Å². The Balaban J connectivity index is 3.16. The fourth-order valence-corrected chi connectivity index (χ4v) is 1.03. The Hall–Kier alpha value is -1.24. The van der Waals surface area contributed by atoms with Crippen molar-refractivity contribution in [3.63, 3.8) is 0 Å². The molecular weight excluding hydrogens is 194 g/mol. The second kappa shape index (κ2) is 10.8. The van der Waals surface area contributed by atoms with Crippen LogP contribution in [0.5, 0.6) is 0 Å². The van der Waals surface area contributed by atoms with Gasteiger partial charge in [0.1, 0.15) is 0 Å². The fourth-order valence-electron chi connectivity index (χ4n) is 1.03. The van der Waals surface area contributed by atoms with Crippen LogP contribution in [0.15, 0.2) is 0 Å². The minimum atomic E-state index is -0.621. The lowest BCUT2D eigenvalue weighted by Gasteiger charge is -2.04. The van der Waals surface area contributed by atoms with Crippen LogP contribution in [0, 0.1) is 11.3 Å². The van der Waals surface area contributed by atoms with E-state index in [1.807, 2.05) is 6.07 Å². The molecule has 0 fully saturated rings. The molecule has 86 valence electrons. The maximum atomic E-state index is 10.9. The van der Waals surface area contributed by atoms with Gasteiger partial charge in [0.15, 0.2) is 0 Å². The van der Waals surface area contributed by atoms with E-state index < -0.39 is 6.16 Å². The molecule has 0 spiro atoms. The van der Waals surface area contributed by atoms with Crippen molar-refractivity contribution in [3.05, 3.63) is 0 Å². The summed E-state index contributed by atoms with van der Waals surface area (Å²) in [6, 6.07) is 1.98. The average molecular weight is 213 g/mol. The monoisotopic (exact) mass is 213 g/mol. The fraction of sp³-hybridized carbons (Fsp3) is 0.818. The van der Waals surface area contributed by atoms with E-state index in [0.717, 1.165) is 12.8 Å². The number of hydrogen-bond acceptors (Lipinski definition) is 4. The van der Waals surface area contributed by atoms with Crippen molar-refractivity contribution in [2.24, 2.45) is 0 Å². The van der Waals surface area contributed by atoms with E-state index in [0.29, 0.717) is 19.4 Å². The van der Waals surface area contributed by atoms with Crippen LogP contribution in [0.4, 0.5) is 4.79 Å². The molecule has 0 aliphatic heterocycles. The van der Waals surface area contributed by atoms with Crippen LogP contribution < -0.4 is 0 Å². The molecule has 0 saturated carbocycles. The van der Waals surface area contributed by atoms with Crippen molar-refractivity contribution in [2.75, 3.05) is 13.2 Å². The highest BCUT2D eigenvalue weighted by Crippen LogP contribution is 2.00. The summed E-state index contributed by atoms with van der Waals surface area (Å²) in [6.07, 6.45) is 4.66. The van der Waals surface area contributed by atoms with Crippen LogP contribution in [-0.2, 0) is 9.47 Å². The molecule has 0 atom stereocenters. The SMILES string of the molecule is CCCCCCOC(=O)OCCCC#N. The zero-order chi connectivity index (χ0) is 11.4. The van der Waals surface area contributed by atoms with Gasteiger partial charge in [-0.3, -0.25) is 0 Å². The number of hydrogen-bond donors (Lipinski definition) is 0. The summed E-state index contributed by atoms with van der Waals surface area (Å²) in [4.78, 5) is 10.9. The molecule has 0 rings (SSSR count). The van der Waals surface area contributed by atoms with Gasteiger partial charge in [-0.1, -0.05) is 26.2 Å². The third-order valence-corrected chi connectivity index (χ3v) is 1.87. The molecule has 0 aromatic rings. The van der Waals surface area contributed by atoms with E-state index >= 15 is 0 Å². The molecular formula is C11H19NO3. The lowest BCUT2D eigenvalue weighted by Crippen LogP contribution is -2.09. The first kappa shape index (κ1) is 13.8. The summed E-state index contributed by atoms with van der Waals surface area (Å²) in [7, 11) is 0. The Labute approximate surface area is 91.2 Å². The van der Waals surface area contributed by atoms with Gasteiger partial charge in [-0.25, -0.2) is 4.79 Å². The van der Waals surface area contributed by atoms with Gasteiger partial charge in [0.2, 0.25) is 0 Å². The van der Waals surface area contributed by atoms with Crippen LogP contribution in [0.3, 0.4) is 0 Å². The number of rotatable bonds is 8. The lowest BCUT2D eigenvalue weighted by atomic mass is 10.2. The number of nitrogens with zero attached hydrogens (tertiary/aromatic N) is 1. The molecule has 0 heterocycles. The van der Waals surface area contributed by atoms with Crippen LogP contribution in [0.1, 0.15) is 45.4 Å². The largest absolute Gasteiger partial charge is 0.508 e. The van der Waals surface area contributed by atoms with Crippen molar-refractivity contribution < 1.29 is 14.3 Å². The first-order chi connectivity index (χ1) is 7.31. The van der Waals surface area contributed by atoms with Crippen molar-refractivity contribution in [2.45, 2.75) is 45.4 Å². The maximum Gasteiger partial charge on any atom is 0.508 e. The molecule has 0 unspecified atom stereocenters. The Morgan fingerprint density at radius 1 is 1.13 bits per heavy atom. The van der Waals surface area contributed by atoms with Gasteiger partial charge in [-0.2, -0.15) is 5.26 Å². The van der Waals surface area contributed by atoms with Gasteiger partial charge in [0.05, 0.1) is 19.3 Å². The maximum absolute atomic E-state index is 10.9. The molecule has 0 radical (unpaired) electrons. The summed E-state index contributed by atoms with van der Waals surface area (Å²) in [6.45, 7) is 2.82. The van der Waals surface area contributed by atoms with E-state index in [9.17, 15) is 4.79 Å². The van der Waals surface area contributed by atoms with E-state index in [2.05, 4.69) is 6.92 Å². The smallest absolute Gasteiger partial charge is 0.434 e. The highest BCUT2D eigenvalue weighted by atomic mass is 16.7. The number of unbranched alkanes of at least 4 members (excludes halogenated alkanes) is 4. The molecule has 4 heteroatoms. The van der Waals surface area contributed by atoms with Gasteiger partial charge in [0, 0.05) is 6.42 Å². The van der Waals surface area contributed by atoms with Gasteiger partial charge in [-0.05, 0) is 12.8 Å². The Kier molecular flexibility index (Phi) is 9.94. The topological polar surface area (TPSA) is 59.3 Å². The highest BCUT2D eigenvalue weighted by Gasteiger charge is 2.02. The first-order valence-corrected chi connectivity index (χ1v) is 5.47. The third-order valence-electron chi connectivity index (χ3n) is 1.87. The zero-order valence-electron chi connectivity index (χ0n) is 9.33. The summed E-state index contributed by atoms with van der Waals surface area (Å²) in [5.74, 6) is 0. The Bertz CT molecular complexity index is 198. The van der Waals surface area contributed by atoms with Crippen LogP contribution in [-0.4, -0.2) is 19.4 Å². The molecule has 0 aromatic heterocycles. The number of nitriles is 1. The normalized spacial score (nSPS) is 9.33. The molecule has 4 nitrogen and oxygen atoms in total. The van der Waals surface area contributed by atoms with Gasteiger partial charge < -0.3 is 9.47 Å². The zero-order valence-corrected chi connectivity index (χ0v) is 9.33. The first-order valence-electron chi connectivity index (χ1n) is 5.47. The summed E-state index contributed by atoms with van der Waals surface area (Å²) in [5.41, 5.74) is 0. The van der Waals surface area contributed by atoms with Gasteiger partial charge in [-0.15, -0.1) is 0 Å². The molecule has 0 N–H and O–H groups in total. The molecule has 0 aliphatic carbocycles. The van der Waals surface area contributed by atoms with Crippen LogP contribution in [0.2, 0.25) is 0 Å². The molecule has 0 amide bonds. The quantitative estimate of drug-likeness (QED) is 0.459. The number of carbonyl (C=O) groups excluding carboxylic acids is 1. The predicted molar refractivity (Wildman–Crippen MR) is 56.3 cm³/mol. The lowest BCUT2D eigenvalue weighted by molar-refractivity contribution is 0.0536. The van der Waals surface area contributed by atoms with Crippen LogP contribution >= 0.6 is 0 Å². The third kappa shape index (κ3) is 10.7. The van der Waals surface area contributed by atoms with E-state index in [1.165, 1.54) is 12.8 Å². The predicted octanol–water partition coefficient (Wildman–Crippen LogP) is 3.02. The Morgan fingerprint density at radius 3 is 2.40 bits per heavy atom. The van der Waals surface area contributed by atoms with E-state index in [-0.39, 0.29) is 6.61 Å². The number of ether oxygens (including phenoxy) is 2. The van der Waals surface area contributed by atoms with Crippen molar-refractivity contribution in [1.82, 2.24) is 0 Å². The molecule has 0 aliphatic rings. The van der Waals surface area contributed by atoms with Gasteiger partial charge >= 0.3 is 6.16 Å². The molecule has 0 saturated heterocycles. The second-order valence-corrected chi connectivity index (χ2v) is 3.27. The summed E-state index contributed by atoms with van der Waals surface area (Å²) < 4.78 is 9.56. The van der Waals surface area contributed by atoms with E-state index in [4.69, 9.17) is 14.7 Å². The molecule has 0 bridgehead atoms.